The van der Waals surface area contributed by atoms with Crippen LogP contribution in [0.5, 0.6) is 0 Å². The van der Waals surface area contributed by atoms with Crippen LogP contribution in [-0.2, 0) is 9.53 Å². The molecule has 2 aromatic rings. The van der Waals surface area contributed by atoms with Crippen LogP contribution in [0.4, 0.5) is 11.6 Å². The quantitative estimate of drug-likeness (QED) is 0.411. The molecule has 9 nitrogen and oxygen atoms in total. The van der Waals surface area contributed by atoms with Gasteiger partial charge in [-0.1, -0.05) is 17.7 Å². The van der Waals surface area contributed by atoms with E-state index in [9.17, 15) is 9.90 Å². The lowest BCUT2D eigenvalue weighted by Crippen LogP contribution is -2.33. The van der Waals surface area contributed by atoms with Gasteiger partial charge in [-0.2, -0.15) is 9.61 Å². The predicted octanol–water partition coefficient (Wildman–Crippen LogP) is 3.39. The van der Waals surface area contributed by atoms with Gasteiger partial charge in [-0.25, -0.2) is 4.98 Å². The van der Waals surface area contributed by atoms with E-state index in [1.165, 1.54) is 0 Å². The maximum atomic E-state index is 12.6. The first-order valence-electron chi connectivity index (χ1n) is 12.3. The standard InChI is InChI=1S/C26H38N6O3/c1-16-11-17(7-10-19(16)24(33)30-18-8-9-18)20-13-29-32-22(28-15-26(4,5)35-6)12-21(31-23(20)32)27-14-25(2,3)34/h7,10,12-13,17-18,28,34H,8-9,11,14-15H2,1-6H3,(H,27,31)(H,30,33). The second-order valence-corrected chi connectivity index (χ2v) is 11.0. The highest BCUT2D eigenvalue weighted by Gasteiger charge is 2.28. The van der Waals surface area contributed by atoms with E-state index < -0.39 is 5.60 Å². The number of hydrogen-bond acceptors (Lipinski definition) is 7. The zero-order valence-electron chi connectivity index (χ0n) is 21.6. The van der Waals surface area contributed by atoms with Gasteiger partial charge in [0, 0.05) is 49.4 Å². The minimum Gasteiger partial charge on any atom is -0.389 e. The Morgan fingerprint density at radius 3 is 2.60 bits per heavy atom. The number of methoxy groups -OCH3 is 1. The van der Waals surface area contributed by atoms with Crippen molar-refractivity contribution in [1.82, 2.24) is 19.9 Å². The molecular formula is C26H38N6O3. The van der Waals surface area contributed by atoms with E-state index in [1.807, 2.05) is 39.1 Å². The molecule has 4 N–H and O–H groups in total. The third-order valence-electron chi connectivity index (χ3n) is 6.49. The predicted molar refractivity (Wildman–Crippen MR) is 138 cm³/mol. The molecule has 1 unspecified atom stereocenters. The molecule has 1 saturated carbocycles. The van der Waals surface area contributed by atoms with Crippen LogP contribution < -0.4 is 16.0 Å². The minimum absolute atomic E-state index is 0.0167. The van der Waals surface area contributed by atoms with Gasteiger partial charge in [0.1, 0.15) is 11.6 Å². The van der Waals surface area contributed by atoms with Gasteiger partial charge in [-0.15, -0.1) is 0 Å². The zero-order valence-corrected chi connectivity index (χ0v) is 21.6. The van der Waals surface area contributed by atoms with Crippen molar-refractivity contribution in [2.75, 3.05) is 30.8 Å². The summed E-state index contributed by atoms with van der Waals surface area (Å²) in [6, 6.07) is 2.23. The summed E-state index contributed by atoms with van der Waals surface area (Å²) < 4.78 is 7.36. The van der Waals surface area contributed by atoms with Crippen molar-refractivity contribution >= 4 is 23.2 Å². The Morgan fingerprint density at radius 1 is 1.23 bits per heavy atom. The van der Waals surface area contributed by atoms with Crippen LogP contribution in [0.1, 0.15) is 65.4 Å². The molecule has 9 heteroatoms. The first kappa shape index (κ1) is 25.2. The van der Waals surface area contributed by atoms with Crippen LogP contribution in [0, 0.1) is 0 Å². The van der Waals surface area contributed by atoms with E-state index in [4.69, 9.17) is 9.72 Å². The van der Waals surface area contributed by atoms with Crippen LogP contribution in [-0.4, -0.2) is 63.1 Å². The molecule has 0 saturated heterocycles. The lowest BCUT2D eigenvalue weighted by Gasteiger charge is -2.24. The lowest BCUT2D eigenvalue weighted by atomic mass is 9.86. The number of rotatable bonds is 10. The third kappa shape index (κ3) is 6.21. The van der Waals surface area contributed by atoms with Gasteiger partial charge in [0.25, 0.3) is 5.91 Å². The fraction of sp³-hybridized carbons (Fsp3) is 0.577. The van der Waals surface area contributed by atoms with E-state index >= 15 is 0 Å². The van der Waals surface area contributed by atoms with Crippen molar-refractivity contribution in [2.45, 2.75) is 77.0 Å². The van der Waals surface area contributed by atoms with Gasteiger partial charge in [0.15, 0.2) is 5.65 Å². The smallest absolute Gasteiger partial charge is 0.251 e. The number of carbonyl (C=O) groups is 1. The molecule has 0 radical (unpaired) electrons. The second-order valence-electron chi connectivity index (χ2n) is 11.0. The van der Waals surface area contributed by atoms with Crippen molar-refractivity contribution in [3.63, 3.8) is 0 Å². The first-order chi connectivity index (χ1) is 16.5. The van der Waals surface area contributed by atoms with Crippen LogP contribution in [0.2, 0.25) is 0 Å². The molecule has 0 aliphatic heterocycles. The van der Waals surface area contributed by atoms with E-state index in [1.54, 1.807) is 25.5 Å². The summed E-state index contributed by atoms with van der Waals surface area (Å²) in [5.74, 6) is 1.50. The highest BCUT2D eigenvalue weighted by Crippen LogP contribution is 2.34. The number of fused-ring (bicyclic) bond motifs is 1. The maximum absolute atomic E-state index is 12.6. The molecule has 2 aromatic heterocycles. The normalized spacial score (nSPS) is 18.8. The van der Waals surface area contributed by atoms with Crippen molar-refractivity contribution in [1.29, 1.82) is 0 Å². The van der Waals surface area contributed by atoms with E-state index in [0.29, 0.717) is 24.9 Å². The fourth-order valence-corrected chi connectivity index (χ4v) is 3.98. The highest BCUT2D eigenvalue weighted by molar-refractivity contribution is 5.97. The number of nitrogens with zero attached hydrogens (tertiary/aromatic N) is 3. The second kappa shape index (κ2) is 9.62. The first-order valence-corrected chi connectivity index (χ1v) is 12.3. The largest absolute Gasteiger partial charge is 0.389 e. The van der Waals surface area contributed by atoms with Gasteiger partial charge in [0.2, 0.25) is 0 Å². The SMILES string of the molecule is COC(C)(C)CNc1cc(NCC(C)(C)O)nc2c(C3C=CC(C(=O)NC4CC4)=C(C)C3)cnn12. The number of ether oxygens (including phenoxy) is 1. The zero-order chi connectivity index (χ0) is 25.4. The molecule has 0 bridgehead atoms. The monoisotopic (exact) mass is 482 g/mol. The highest BCUT2D eigenvalue weighted by atomic mass is 16.5. The molecule has 4 rings (SSSR count). The molecule has 1 amide bonds. The molecule has 35 heavy (non-hydrogen) atoms. The van der Waals surface area contributed by atoms with Crippen molar-refractivity contribution in [2.24, 2.45) is 0 Å². The Labute approximate surface area is 207 Å². The average Bonchev–Trinajstić information content (AvgIpc) is 3.50. The van der Waals surface area contributed by atoms with E-state index in [-0.39, 0.29) is 17.4 Å². The summed E-state index contributed by atoms with van der Waals surface area (Å²) >= 11 is 0. The van der Waals surface area contributed by atoms with Crippen LogP contribution in [0.3, 0.4) is 0 Å². The summed E-state index contributed by atoms with van der Waals surface area (Å²) in [7, 11) is 1.69. The van der Waals surface area contributed by atoms with Gasteiger partial charge in [-0.3, -0.25) is 4.79 Å². The molecule has 2 aliphatic carbocycles. The van der Waals surface area contributed by atoms with Gasteiger partial charge in [-0.05, 0) is 53.9 Å². The Balaban J connectivity index is 1.63. The Kier molecular flexibility index (Phi) is 6.92. The van der Waals surface area contributed by atoms with Crippen molar-refractivity contribution in [3.05, 3.63) is 41.1 Å². The number of amides is 1. The van der Waals surface area contributed by atoms with E-state index in [2.05, 4.69) is 27.1 Å². The van der Waals surface area contributed by atoms with Gasteiger partial charge >= 0.3 is 0 Å². The molecule has 2 aliphatic rings. The average molecular weight is 483 g/mol. The molecule has 0 aromatic carbocycles. The fourth-order valence-electron chi connectivity index (χ4n) is 3.98. The number of anilines is 2. The molecule has 1 atom stereocenters. The Hall–Kier alpha value is -2.91. The number of hydrogen-bond donors (Lipinski definition) is 4. The summed E-state index contributed by atoms with van der Waals surface area (Å²) in [6.45, 7) is 10.5. The number of carbonyl (C=O) groups excluding carboxylic acids is 1. The van der Waals surface area contributed by atoms with Crippen molar-refractivity contribution in [3.8, 4) is 0 Å². The molecule has 190 valence electrons. The summed E-state index contributed by atoms with van der Waals surface area (Å²) in [5.41, 5.74) is 2.30. The third-order valence-corrected chi connectivity index (χ3v) is 6.49. The number of aliphatic hydroxyl groups is 1. The number of nitrogens with one attached hydrogen (secondary N) is 3. The topological polar surface area (TPSA) is 113 Å². The van der Waals surface area contributed by atoms with Crippen LogP contribution in [0.25, 0.3) is 5.65 Å². The van der Waals surface area contributed by atoms with Crippen LogP contribution >= 0.6 is 0 Å². The lowest BCUT2D eigenvalue weighted by molar-refractivity contribution is -0.117. The number of allylic oxidation sites excluding steroid dienone is 2. The summed E-state index contributed by atoms with van der Waals surface area (Å²) in [6.07, 6.45) is 8.73. The molecule has 2 heterocycles. The van der Waals surface area contributed by atoms with Gasteiger partial charge < -0.3 is 25.8 Å². The van der Waals surface area contributed by atoms with E-state index in [0.717, 1.165) is 47.4 Å². The number of aromatic nitrogens is 3. The Morgan fingerprint density at radius 2 is 1.97 bits per heavy atom. The van der Waals surface area contributed by atoms with Crippen LogP contribution in [0.15, 0.2) is 35.6 Å². The summed E-state index contributed by atoms with van der Waals surface area (Å²) in [5, 5.41) is 24.6. The molecule has 1 fully saturated rings. The minimum atomic E-state index is -0.881. The van der Waals surface area contributed by atoms with Gasteiger partial charge in [0.05, 0.1) is 17.4 Å². The summed E-state index contributed by atoms with van der Waals surface area (Å²) in [4.78, 5) is 17.4. The molecule has 0 spiro atoms. The van der Waals surface area contributed by atoms with Crippen molar-refractivity contribution < 1.29 is 14.6 Å². The molecular weight excluding hydrogens is 444 g/mol. The maximum Gasteiger partial charge on any atom is 0.251 e. The Bertz CT molecular complexity index is 1150.